The average Bonchev–Trinajstić information content (AvgIpc) is 3.04. The summed E-state index contributed by atoms with van der Waals surface area (Å²) in [7, 11) is 1.58. The van der Waals surface area contributed by atoms with E-state index in [9.17, 15) is 18.0 Å². The summed E-state index contributed by atoms with van der Waals surface area (Å²) in [5.41, 5.74) is 0.826. The minimum absolute atomic E-state index is 0.141. The molecule has 0 spiro atoms. The fourth-order valence-corrected chi connectivity index (χ4v) is 3.30. The molecule has 2 rings (SSSR count). The van der Waals surface area contributed by atoms with Crippen molar-refractivity contribution < 1.29 is 27.4 Å². The Balaban J connectivity index is 1.68. The lowest BCUT2D eigenvalue weighted by Gasteiger charge is -2.08. The molecule has 2 aromatic rings. The van der Waals surface area contributed by atoms with Gasteiger partial charge in [0.05, 0.1) is 7.11 Å². The van der Waals surface area contributed by atoms with Crippen molar-refractivity contribution in [3.8, 4) is 5.75 Å². The molecule has 1 amide bonds. The summed E-state index contributed by atoms with van der Waals surface area (Å²) >= 11 is 2.63. The van der Waals surface area contributed by atoms with Crippen molar-refractivity contribution in [2.24, 2.45) is 0 Å². The highest BCUT2D eigenvalue weighted by atomic mass is 32.2. The first kappa shape index (κ1) is 20.1. The van der Waals surface area contributed by atoms with E-state index in [1.165, 1.54) is 23.1 Å². The molecule has 0 aliphatic rings. The number of aromatic nitrogens is 2. The van der Waals surface area contributed by atoms with Gasteiger partial charge in [0.1, 0.15) is 5.75 Å². The number of nitrogens with one attached hydrogen (secondary N) is 2. The van der Waals surface area contributed by atoms with Gasteiger partial charge in [-0.2, -0.15) is 13.2 Å². The van der Waals surface area contributed by atoms with Gasteiger partial charge in [-0.1, -0.05) is 23.1 Å². The SMILES string of the molecule is COc1ccc(Nc2nnc(SCCNC(=O)OCC(F)(F)F)s2)cc1. The molecule has 1 heterocycles. The zero-order valence-corrected chi connectivity index (χ0v) is 15.1. The number of benzene rings is 1. The highest BCUT2D eigenvalue weighted by molar-refractivity contribution is 8.01. The topological polar surface area (TPSA) is 85.4 Å². The predicted octanol–water partition coefficient (Wildman–Crippen LogP) is 3.67. The molecule has 0 saturated heterocycles. The maximum atomic E-state index is 11.9. The summed E-state index contributed by atoms with van der Waals surface area (Å²) in [4.78, 5) is 11.1. The standard InChI is InChI=1S/C14H15F3N4O3S2/c1-23-10-4-2-9(3-5-10)19-11-20-21-13(26-11)25-7-6-18-12(22)24-8-14(15,16)17/h2-5H,6-8H2,1H3,(H,18,22)(H,19,20). The lowest BCUT2D eigenvalue weighted by atomic mass is 10.3. The van der Waals surface area contributed by atoms with Gasteiger partial charge in [-0.05, 0) is 24.3 Å². The molecule has 0 fully saturated rings. The summed E-state index contributed by atoms with van der Waals surface area (Å²) < 4.78 is 45.4. The van der Waals surface area contributed by atoms with Crippen LogP contribution in [0.2, 0.25) is 0 Å². The highest BCUT2D eigenvalue weighted by Gasteiger charge is 2.29. The van der Waals surface area contributed by atoms with Crippen LogP contribution < -0.4 is 15.4 Å². The molecule has 1 aromatic heterocycles. The fourth-order valence-electron chi connectivity index (χ4n) is 1.61. The van der Waals surface area contributed by atoms with Crippen molar-refractivity contribution in [1.82, 2.24) is 15.5 Å². The van der Waals surface area contributed by atoms with Gasteiger partial charge in [-0.15, -0.1) is 10.2 Å². The number of methoxy groups -OCH3 is 1. The quantitative estimate of drug-likeness (QED) is 0.509. The van der Waals surface area contributed by atoms with Crippen molar-refractivity contribution in [3.63, 3.8) is 0 Å². The van der Waals surface area contributed by atoms with Crippen LogP contribution in [0.3, 0.4) is 0 Å². The van der Waals surface area contributed by atoms with E-state index in [2.05, 4.69) is 25.6 Å². The van der Waals surface area contributed by atoms with Gasteiger partial charge in [0.15, 0.2) is 10.9 Å². The van der Waals surface area contributed by atoms with Crippen molar-refractivity contribution in [3.05, 3.63) is 24.3 Å². The van der Waals surface area contributed by atoms with E-state index >= 15 is 0 Å². The first-order chi connectivity index (χ1) is 12.4. The van der Waals surface area contributed by atoms with Crippen LogP contribution in [0.4, 0.5) is 28.8 Å². The third-order valence-electron chi connectivity index (χ3n) is 2.71. The van der Waals surface area contributed by atoms with E-state index in [-0.39, 0.29) is 6.54 Å². The number of carbonyl (C=O) groups is 1. The number of thioether (sulfide) groups is 1. The second kappa shape index (κ2) is 9.48. The van der Waals surface area contributed by atoms with E-state index in [1.807, 2.05) is 24.3 Å². The number of hydrogen-bond donors (Lipinski definition) is 2. The number of anilines is 2. The van der Waals surface area contributed by atoms with Crippen LogP contribution in [0, 0.1) is 0 Å². The van der Waals surface area contributed by atoms with E-state index in [1.54, 1.807) is 7.11 Å². The predicted molar refractivity (Wildman–Crippen MR) is 92.3 cm³/mol. The van der Waals surface area contributed by atoms with Gasteiger partial charge in [0.2, 0.25) is 5.13 Å². The molecule has 1 aromatic carbocycles. The van der Waals surface area contributed by atoms with E-state index in [4.69, 9.17) is 4.74 Å². The van der Waals surface area contributed by atoms with Crippen molar-refractivity contribution in [1.29, 1.82) is 0 Å². The normalized spacial score (nSPS) is 11.1. The Kier molecular flexibility index (Phi) is 7.33. The number of alkyl halides is 3. The number of alkyl carbamates (subject to hydrolysis) is 1. The third-order valence-corrected chi connectivity index (χ3v) is 4.69. The zero-order chi connectivity index (χ0) is 19.0. The number of halogens is 3. The molecule has 0 radical (unpaired) electrons. The molecule has 12 heteroatoms. The van der Waals surface area contributed by atoms with Crippen LogP contribution in [-0.2, 0) is 4.74 Å². The number of amides is 1. The maximum Gasteiger partial charge on any atom is 0.422 e. The van der Waals surface area contributed by atoms with Crippen LogP contribution >= 0.6 is 23.1 Å². The largest absolute Gasteiger partial charge is 0.497 e. The first-order valence-electron chi connectivity index (χ1n) is 7.20. The zero-order valence-electron chi connectivity index (χ0n) is 13.5. The minimum Gasteiger partial charge on any atom is -0.497 e. The van der Waals surface area contributed by atoms with Crippen LogP contribution in [0.5, 0.6) is 5.75 Å². The number of ether oxygens (including phenoxy) is 2. The molecule has 0 unspecified atom stereocenters. The van der Waals surface area contributed by atoms with Gasteiger partial charge in [-0.25, -0.2) is 4.79 Å². The van der Waals surface area contributed by atoms with Crippen molar-refractivity contribution >= 4 is 40.0 Å². The van der Waals surface area contributed by atoms with Crippen molar-refractivity contribution in [2.45, 2.75) is 10.5 Å². The molecule has 2 N–H and O–H groups in total. The molecule has 0 bridgehead atoms. The lowest BCUT2D eigenvalue weighted by molar-refractivity contribution is -0.160. The summed E-state index contributed by atoms with van der Waals surface area (Å²) in [6.45, 7) is -1.47. The highest BCUT2D eigenvalue weighted by Crippen LogP contribution is 2.28. The van der Waals surface area contributed by atoms with Gasteiger partial charge in [0, 0.05) is 18.0 Å². The van der Waals surface area contributed by atoms with Crippen molar-refractivity contribution in [2.75, 3.05) is 31.3 Å². The van der Waals surface area contributed by atoms with Gasteiger partial charge in [-0.3, -0.25) is 0 Å². The monoisotopic (exact) mass is 408 g/mol. The van der Waals surface area contributed by atoms with Gasteiger partial charge in [0.25, 0.3) is 0 Å². The fraction of sp³-hybridized carbons (Fsp3) is 0.357. The molecule has 0 aliphatic heterocycles. The molecule has 0 aliphatic carbocycles. The van der Waals surface area contributed by atoms with Crippen LogP contribution in [0.1, 0.15) is 0 Å². The van der Waals surface area contributed by atoms with E-state index in [0.29, 0.717) is 15.2 Å². The molecule has 0 atom stereocenters. The summed E-state index contributed by atoms with van der Waals surface area (Å²) in [6.07, 6.45) is -5.64. The second-order valence-electron chi connectivity index (χ2n) is 4.69. The summed E-state index contributed by atoms with van der Waals surface area (Å²) in [5.74, 6) is 1.16. The smallest absolute Gasteiger partial charge is 0.422 e. The number of hydrogen-bond acceptors (Lipinski definition) is 8. The molecule has 0 saturated carbocycles. The molecule has 26 heavy (non-hydrogen) atoms. The second-order valence-corrected chi connectivity index (χ2v) is 7.01. The van der Waals surface area contributed by atoms with E-state index in [0.717, 1.165) is 11.4 Å². The Hall–Kier alpha value is -2.21. The van der Waals surface area contributed by atoms with Crippen LogP contribution in [0.15, 0.2) is 28.6 Å². The Labute approximate surface area is 155 Å². The summed E-state index contributed by atoms with van der Waals surface area (Å²) in [5, 5.41) is 13.9. The molecule has 142 valence electrons. The number of carbonyl (C=O) groups excluding carboxylic acids is 1. The number of nitrogens with zero attached hydrogens (tertiary/aromatic N) is 2. The molecule has 7 nitrogen and oxygen atoms in total. The first-order valence-corrected chi connectivity index (χ1v) is 9.01. The Morgan fingerprint density at radius 3 is 2.65 bits per heavy atom. The maximum absolute atomic E-state index is 11.9. The minimum atomic E-state index is -4.54. The van der Waals surface area contributed by atoms with E-state index < -0.39 is 18.9 Å². The van der Waals surface area contributed by atoms with Crippen LogP contribution in [0.25, 0.3) is 0 Å². The average molecular weight is 408 g/mol. The Bertz CT molecular complexity index is 710. The van der Waals surface area contributed by atoms with Gasteiger partial charge >= 0.3 is 12.3 Å². The summed E-state index contributed by atoms with van der Waals surface area (Å²) in [6, 6.07) is 7.29. The molecular formula is C14H15F3N4O3S2. The third kappa shape index (κ3) is 7.35. The Morgan fingerprint density at radius 2 is 2.00 bits per heavy atom. The Morgan fingerprint density at radius 1 is 1.27 bits per heavy atom. The van der Waals surface area contributed by atoms with Crippen LogP contribution in [-0.4, -0.2) is 48.5 Å². The molecular weight excluding hydrogens is 393 g/mol. The lowest BCUT2D eigenvalue weighted by Crippen LogP contribution is -2.30. The van der Waals surface area contributed by atoms with Gasteiger partial charge < -0.3 is 20.1 Å². The number of rotatable bonds is 8.